The van der Waals surface area contributed by atoms with E-state index < -0.39 is 0 Å². The summed E-state index contributed by atoms with van der Waals surface area (Å²) in [6.45, 7) is 2.62. The zero-order valence-corrected chi connectivity index (χ0v) is 11.5. The van der Waals surface area contributed by atoms with Gasteiger partial charge in [-0.2, -0.15) is 5.26 Å². The predicted octanol–water partition coefficient (Wildman–Crippen LogP) is 0.850. The standard InChI is InChI=1S/C15H20N4O/c16-6-7-18-15(20)13-4-2-8-19(11-13)14-5-1-3-12(9-14)10-17/h1,3,5,9,13H,2,4,6-8,11,16H2,(H,18,20). The molecule has 0 aromatic heterocycles. The van der Waals surface area contributed by atoms with Crippen molar-refractivity contribution < 1.29 is 4.79 Å². The lowest BCUT2D eigenvalue weighted by Crippen LogP contribution is -2.44. The highest BCUT2D eigenvalue weighted by Gasteiger charge is 2.25. The number of nitrogens with two attached hydrogens (primary N) is 1. The molecule has 0 bridgehead atoms. The van der Waals surface area contributed by atoms with Crippen LogP contribution in [0.25, 0.3) is 0 Å². The van der Waals surface area contributed by atoms with Crippen LogP contribution in [-0.2, 0) is 4.79 Å². The van der Waals surface area contributed by atoms with Crippen LogP contribution >= 0.6 is 0 Å². The average Bonchev–Trinajstić information content (AvgIpc) is 2.52. The normalized spacial score (nSPS) is 18.4. The molecule has 1 atom stereocenters. The minimum Gasteiger partial charge on any atom is -0.371 e. The molecule has 1 fully saturated rings. The fourth-order valence-corrected chi connectivity index (χ4v) is 2.54. The van der Waals surface area contributed by atoms with Crippen molar-refractivity contribution >= 4 is 11.6 Å². The summed E-state index contributed by atoms with van der Waals surface area (Å²) >= 11 is 0. The van der Waals surface area contributed by atoms with E-state index in [1.165, 1.54) is 0 Å². The van der Waals surface area contributed by atoms with Gasteiger partial charge in [-0.15, -0.1) is 0 Å². The van der Waals surface area contributed by atoms with E-state index >= 15 is 0 Å². The number of carbonyl (C=O) groups is 1. The molecule has 1 aromatic rings. The van der Waals surface area contributed by atoms with E-state index in [4.69, 9.17) is 11.0 Å². The second kappa shape index (κ2) is 6.92. The summed E-state index contributed by atoms with van der Waals surface area (Å²) in [5, 5.41) is 11.8. The third-order valence-electron chi connectivity index (χ3n) is 3.58. The van der Waals surface area contributed by atoms with Crippen molar-refractivity contribution in [1.82, 2.24) is 5.32 Å². The molecular formula is C15H20N4O. The van der Waals surface area contributed by atoms with Gasteiger partial charge in [-0.1, -0.05) is 6.07 Å². The first-order valence-corrected chi connectivity index (χ1v) is 6.97. The predicted molar refractivity (Wildman–Crippen MR) is 78.2 cm³/mol. The van der Waals surface area contributed by atoms with Crippen LogP contribution in [0.3, 0.4) is 0 Å². The Bertz CT molecular complexity index is 509. The van der Waals surface area contributed by atoms with E-state index in [0.717, 1.165) is 25.1 Å². The molecule has 1 heterocycles. The van der Waals surface area contributed by atoms with Crippen molar-refractivity contribution in [2.75, 3.05) is 31.1 Å². The summed E-state index contributed by atoms with van der Waals surface area (Å²) in [6, 6.07) is 9.68. The molecule has 1 amide bonds. The highest BCUT2D eigenvalue weighted by Crippen LogP contribution is 2.24. The Morgan fingerprint density at radius 2 is 2.40 bits per heavy atom. The van der Waals surface area contributed by atoms with E-state index in [1.54, 1.807) is 6.07 Å². The number of nitriles is 1. The van der Waals surface area contributed by atoms with E-state index in [-0.39, 0.29) is 11.8 Å². The summed E-state index contributed by atoms with van der Waals surface area (Å²) in [7, 11) is 0. The van der Waals surface area contributed by atoms with Crippen molar-refractivity contribution in [2.24, 2.45) is 11.7 Å². The van der Waals surface area contributed by atoms with Crippen molar-refractivity contribution in [2.45, 2.75) is 12.8 Å². The van der Waals surface area contributed by atoms with Crippen LogP contribution in [0, 0.1) is 17.2 Å². The van der Waals surface area contributed by atoms with Gasteiger partial charge >= 0.3 is 0 Å². The molecule has 1 unspecified atom stereocenters. The van der Waals surface area contributed by atoms with Crippen molar-refractivity contribution in [3.63, 3.8) is 0 Å². The molecule has 1 aliphatic heterocycles. The fourth-order valence-electron chi connectivity index (χ4n) is 2.54. The van der Waals surface area contributed by atoms with Crippen LogP contribution in [0.2, 0.25) is 0 Å². The van der Waals surface area contributed by atoms with Crippen LogP contribution in [0.4, 0.5) is 5.69 Å². The monoisotopic (exact) mass is 272 g/mol. The SMILES string of the molecule is N#Cc1cccc(N2CCCC(C(=O)NCCN)C2)c1. The number of anilines is 1. The first kappa shape index (κ1) is 14.4. The largest absolute Gasteiger partial charge is 0.371 e. The van der Waals surface area contributed by atoms with Gasteiger partial charge in [0.25, 0.3) is 0 Å². The molecule has 3 N–H and O–H groups in total. The summed E-state index contributed by atoms with van der Waals surface area (Å²) in [5.74, 6) is 0.0811. The fraction of sp³-hybridized carbons (Fsp3) is 0.467. The Balaban J connectivity index is 2.03. The molecule has 1 aliphatic rings. The topological polar surface area (TPSA) is 82.2 Å². The van der Waals surface area contributed by atoms with Gasteiger partial charge in [-0.05, 0) is 31.0 Å². The number of hydrogen-bond acceptors (Lipinski definition) is 4. The third kappa shape index (κ3) is 3.49. The van der Waals surface area contributed by atoms with Crippen LogP contribution in [0.5, 0.6) is 0 Å². The molecule has 106 valence electrons. The minimum atomic E-state index is 0.000965. The number of carbonyl (C=O) groups excluding carboxylic acids is 1. The van der Waals surface area contributed by atoms with Gasteiger partial charge in [-0.3, -0.25) is 4.79 Å². The zero-order valence-electron chi connectivity index (χ0n) is 11.5. The van der Waals surface area contributed by atoms with Gasteiger partial charge in [0.2, 0.25) is 5.91 Å². The Morgan fingerprint density at radius 1 is 1.55 bits per heavy atom. The highest BCUT2D eigenvalue weighted by atomic mass is 16.1. The Labute approximate surface area is 119 Å². The minimum absolute atomic E-state index is 0.000965. The van der Waals surface area contributed by atoms with Crippen LogP contribution in [0.1, 0.15) is 18.4 Å². The number of nitrogens with one attached hydrogen (secondary N) is 1. The van der Waals surface area contributed by atoms with Gasteiger partial charge < -0.3 is 16.0 Å². The molecule has 5 nitrogen and oxygen atoms in total. The van der Waals surface area contributed by atoms with Crippen LogP contribution in [-0.4, -0.2) is 32.1 Å². The number of rotatable bonds is 4. The first-order chi connectivity index (χ1) is 9.74. The maximum absolute atomic E-state index is 12.0. The van der Waals surface area contributed by atoms with Gasteiger partial charge in [-0.25, -0.2) is 0 Å². The van der Waals surface area contributed by atoms with Crippen LogP contribution in [0.15, 0.2) is 24.3 Å². The molecule has 1 saturated heterocycles. The average molecular weight is 272 g/mol. The Hall–Kier alpha value is -2.06. The lowest BCUT2D eigenvalue weighted by atomic mass is 9.96. The summed E-state index contributed by atoms with van der Waals surface area (Å²) < 4.78 is 0. The van der Waals surface area contributed by atoms with E-state index in [1.807, 2.05) is 18.2 Å². The highest BCUT2D eigenvalue weighted by molar-refractivity contribution is 5.79. The quantitative estimate of drug-likeness (QED) is 0.851. The van der Waals surface area contributed by atoms with Gasteiger partial charge in [0, 0.05) is 31.9 Å². The Kier molecular flexibility index (Phi) is 4.97. The Morgan fingerprint density at radius 3 is 3.15 bits per heavy atom. The van der Waals surface area contributed by atoms with Crippen molar-refractivity contribution in [3.05, 3.63) is 29.8 Å². The molecule has 0 aliphatic carbocycles. The zero-order chi connectivity index (χ0) is 14.4. The molecule has 0 saturated carbocycles. The summed E-state index contributed by atoms with van der Waals surface area (Å²) in [4.78, 5) is 14.2. The van der Waals surface area contributed by atoms with E-state index in [2.05, 4.69) is 16.3 Å². The van der Waals surface area contributed by atoms with Gasteiger partial charge in [0.1, 0.15) is 0 Å². The van der Waals surface area contributed by atoms with Gasteiger partial charge in [0.15, 0.2) is 0 Å². The van der Waals surface area contributed by atoms with E-state index in [9.17, 15) is 4.79 Å². The maximum Gasteiger partial charge on any atom is 0.224 e. The number of piperidine rings is 1. The molecule has 0 radical (unpaired) electrons. The molecule has 2 rings (SSSR count). The number of nitrogens with zero attached hydrogens (tertiary/aromatic N) is 2. The lowest BCUT2D eigenvalue weighted by Gasteiger charge is -2.33. The summed E-state index contributed by atoms with van der Waals surface area (Å²) in [6.07, 6.45) is 1.89. The number of amides is 1. The van der Waals surface area contributed by atoms with Gasteiger partial charge in [0.05, 0.1) is 17.6 Å². The second-order valence-electron chi connectivity index (χ2n) is 5.03. The van der Waals surface area contributed by atoms with Crippen molar-refractivity contribution in [3.8, 4) is 6.07 Å². The smallest absolute Gasteiger partial charge is 0.224 e. The van der Waals surface area contributed by atoms with Crippen molar-refractivity contribution in [1.29, 1.82) is 5.26 Å². The maximum atomic E-state index is 12.0. The summed E-state index contributed by atoms with van der Waals surface area (Å²) in [5.41, 5.74) is 7.07. The lowest BCUT2D eigenvalue weighted by molar-refractivity contribution is -0.125. The molecule has 5 heteroatoms. The molecular weight excluding hydrogens is 252 g/mol. The molecule has 0 spiro atoms. The number of benzene rings is 1. The second-order valence-corrected chi connectivity index (χ2v) is 5.03. The molecule has 20 heavy (non-hydrogen) atoms. The number of hydrogen-bond donors (Lipinski definition) is 2. The van der Waals surface area contributed by atoms with E-state index in [0.29, 0.717) is 25.2 Å². The molecule has 1 aromatic carbocycles. The van der Waals surface area contributed by atoms with Crippen LogP contribution < -0.4 is 16.0 Å². The third-order valence-corrected chi connectivity index (χ3v) is 3.58. The first-order valence-electron chi connectivity index (χ1n) is 6.97.